The minimum Gasteiger partial charge on any atom is -0.389 e. The largest absolute Gasteiger partial charge is 0.389 e. The zero-order chi connectivity index (χ0) is 17.6. The van der Waals surface area contributed by atoms with Gasteiger partial charge < -0.3 is 15.2 Å². The van der Waals surface area contributed by atoms with Gasteiger partial charge in [-0.05, 0) is 29.5 Å². The Morgan fingerprint density at radius 1 is 1.16 bits per heavy atom. The third-order valence-corrected chi connectivity index (χ3v) is 4.33. The maximum Gasteiger partial charge on any atom is 0.162 e. The minimum atomic E-state index is -0.586. The topological polar surface area (TPSA) is 67.3 Å². The summed E-state index contributed by atoms with van der Waals surface area (Å²) in [6, 6.07) is 9.89. The van der Waals surface area contributed by atoms with Gasteiger partial charge in [-0.25, -0.2) is 9.97 Å². The average molecular weight is 357 g/mol. The maximum absolute atomic E-state index is 10.1. The second-order valence-corrected chi connectivity index (χ2v) is 7.17. The predicted octanol–water partition coefficient (Wildman–Crippen LogP) is 3.80. The van der Waals surface area contributed by atoms with E-state index in [4.69, 9.17) is 4.74 Å². The number of anilines is 1. The Morgan fingerprint density at radius 3 is 2.76 bits per heavy atom. The lowest BCUT2D eigenvalue weighted by atomic mass is 10.2. The van der Waals surface area contributed by atoms with Gasteiger partial charge in [0.1, 0.15) is 5.82 Å². The van der Waals surface area contributed by atoms with Gasteiger partial charge in [0.05, 0.1) is 18.2 Å². The third kappa shape index (κ3) is 4.75. The van der Waals surface area contributed by atoms with E-state index in [1.165, 1.54) is 0 Å². The van der Waals surface area contributed by atoms with Crippen molar-refractivity contribution in [2.45, 2.75) is 20.0 Å². The zero-order valence-corrected chi connectivity index (χ0v) is 15.3. The lowest BCUT2D eigenvalue weighted by Crippen LogP contribution is -2.26. The summed E-state index contributed by atoms with van der Waals surface area (Å²) in [7, 11) is 0. The lowest BCUT2D eigenvalue weighted by molar-refractivity contribution is 0.0317. The number of rotatable bonds is 8. The second kappa shape index (κ2) is 8.38. The molecule has 3 aromatic rings. The van der Waals surface area contributed by atoms with Crippen LogP contribution < -0.4 is 5.32 Å². The van der Waals surface area contributed by atoms with Crippen LogP contribution >= 0.6 is 11.3 Å². The SMILES string of the molecule is CC(C)COCC(O)CNc1nc(-c2ccsc2)nc2ccccc12. The molecule has 25 heavy (non-hydrogen) atoms. The van der Waals surface area contributed by atoms with E-state index in [1.54, 1.807) is 11.3 Å². The molecule has 0 radical (unpaired) electrons. The highest BCUT2D eigenvalue weighted by atomic mass is 32.1. The molecule has 132 valence electrons. The highest BCUT2D eigenvalue weighted by molar-refractivity contribution is 7.08. The maximum atomic E-state index is 10.1. The Labute approximate surface area is 151 Å². The number of fused-ring (bicyclic) bond motifs is 1. The fraction of sp³-hybridized carbons (Fsp3) is 0.368. The molecular formula is C19H23N3O2S. The van der Waals surface area contributed by atoms with Crippen molar-refractivity contribution in [3.05, 3.63) is 41.1 Å². The van der Waals surface area contributed by atoms with Crippen LogP contribution in [0.25, 0.3) is 22.3 Å². The molecule has 1 aromatic carbocycles. The normalized spacial score (nSPS) is 12.6. The highest BCUT2D eigenvalue weighted by Crippen LogP contribution is 2.26. The predicted molar refractivity (Wildman–Crippen MR) is 103 cm³/mol. The van der Waals surface area contributed by atoms with Crippen molar-refractivity contribution in [1.29, 1.82) is 0 Å². The Kier molecular flexibility index (Phi) is 5.96. The van der Waals surface area contributed by atoms with E-state index in [0.29, 0.717) is 31.5 Å². The van der Waals surface area contributed by atoms with E-state index in [1.807, 2.05) is 41.1 Å². The molecule has 0 fully saturated rings. The minimum absolute atomic E-state index is 0.311. The number of nitrogens with zero attached hydrogens (tertiary/aromatic N) is 2. The number of aliphatic hydroxyl groups is 1. The summed E-state index contributed by atoms with van der Waals surface area (Å²) in [4.78, 5) is 9.30. The van der Waals surface area contributed by atoms with Crippen molar-refractivity contribution in [2.75, 3.05) is 25.1 Å². The number of hydrogen-bond donors (Lipinski definition) is 2. The number of para-hydroxylation sites is 1. The summed E-state index contributed by atoms with van der Waals surface area (Å²) in [5, 5.41) is 18.4. The molecular weight excluding hydrogens is 334 g/mol. The lowest BCUT2D eigenvalue weighted by Gasteiger charge is -2.15. The van der Waals surface area contributed by atoms with E-state index in [9.17, 15) is 5.11 Å². The first-order valence-electron chi connectivity index (χ1n) is 8.42. The average Bonchev–Trinajstić information content (AvgIpc) is 3.13. The van der Waals surface area contributed by atoms with Crippen molar-refractivity contribution >= 4 is 28.1 Å². The third-order valence-electron chi connectivity index (χ3n) is 3.65. The van der Waals surface area contributed by atoms with E-state index in [-0.39, 0.29) is 0 Å². The van der Waals surface area contributed by atoms with Gasteiger partial charge in [0, 0.05) is 29.5 Å². The van der Waals surface area contributed by atoms with Gasteiger partial charge in [-0.1, -0.05) is 26.0 Å². The molecule has 2 N–H and O–H groups in total. The van der Waals surface area contributed by atoms with Crippen LogP contribution in [0.3, 0.4) is 0 Å². The molecule has 0 saturated heterocycles. The molecule has 1 unspecified atom stereocenters. The first-order valence-corrected chi connectivity index (χ1v) is 9.37. The Bertz CT molecular complexity index is 806. The fourth-order valence-electron chi connectivity index (χ4n) is 2.45. The van der Waals surface area contributed by atoms with Gasteiger partial charge in [0.15, 0.2) is 5.82 Å². The van der Waals surface area contributed by atoms with E-state index >= 15 is 0 Å². The number of aromatic nitrogens is 2. The molecule has 0 bridgehead atoms. The molecule has 2 aromatic heterocycles. The quantitative estimate of drug-likeness (QED) is 0.642. The summed E-state index contributed by atoms with van der Waals surface area (Å²) >= 11 is 1.62. The molecule has 2 heterocycles. The summed E-state index contributed by atoms with van der Waals surface area (Å²) in [6.45, 7) is 5.51. The number of thiophene rings is 1. The standard InChI is InChI=1S/C19H23N3O2S/c1-13(2)10-24-11-15(23)9-20-19-16-5-3-4-6-17(16)21-18(22-19)14-7-8-25-12-14/h3-8,12-13,15,23H,9-11H2,1-2H3,(H,20,21,22). The highest BCUT2D eigenvalue weighted by Gasteiger charge is 2.11. The van der Waals surface area contributed by atoms with Gasteiger partial charge in [-0.3, -0.25) is 0 Å². The molecule has 0 aliphatic rings. The van der Waals surface area contributed by atoms with Crippen molar-refractivity contribution in [2.24, 2.45) is 5.92 Å². The molecule has 1 atom stereocenters. The van der Waals surface area contributed by atoms with E-state index < -0.39 is 6.10 Å². The summed E-state index contributed by atoms with van der Waals surface area (Å²) in [6.07, 6.45) is -0.586. The molecule has 5 nitrogen and oxygen atoms in total. The van der Waals surface area contributed by atoms with Gasteiger partial charge in [-0.2, -0.15) is 11.3 Å². The van der Waals surface area contributed by atoms with Crippen LogP contribution in [-0.2, 0) is 4.74 Å². The monoisotopic (exact) mass is 357 g/mol. The molecule has 0 spiro atoms. The molecule has 0 saturated carbocycles. The van der Waals surface area contributed by atoms with Crippen LogP contribution in [0, 0.1) is 5.92 Å². The molecule has 0 aliphatic carbocycles. The Morgan fingerprint density at radius 2 is 2.00 bits per heavy atom. The molecule has 0 aliphatic heterocycles. The van der Waals surface area contributed by atoms with Crippen LogP contribution in [0.2, 0.25) is 0 Å². The Balaban J connectivity index is 1.75. The van der Waals surface area contributed by atoms with Gasteiger partial charge >= 0.3 is 0 Å². The van der Waals surface area contributed by atoms with Gasteiger partial charge in [0.25, 0.3) is 0 Å². The Hall–Kier alpha value is -2.02. The van der Waals surface area contributed by atoms with Crippen molar-refractivity contribution < 1.29 is 9.84 Å². The number of benzene rings is 1. The van der Waals surface area contributed by atoms with E-state index in [0.717, 1.165) is 22.3 Å². The first-order chi connectivity index (χ1) is 12.1. The second-order valence-electron chi connectivity index (χ2n) is 6.39. The number of hydrogen-bond acceptors (Lipinski definition) is 6. The van der Waals surface area contributed by atoms with Crippen molar-refractivity contribution in [3.63, 3.8) is 0 Å². The van der Waals surface area contributed by atoms with E-state index in [2.05, 4.69) is 29.1 Å². The zero-order valence-electron chi connectivity index (χ0n) is 14.5. The van der Waals surface area contributed by atoms with Crippen LogP contribution in [0.4, 0.5) is 5.82 Å². The molecule has 6 heteroatoms. The smallest absolute Gasteiger partial charge is 0.162 e. The molecule has 0 amide bonds. The van der Waals surface area contributed by atoms with Gasteiger partial charge in [-0.15, -0.1) is 0 Å². The number of nitrogens with one attached hydrogen (secondary N) is 1. The number of ether oxygens (including phenoxy) is 1. The molecule has 3 rings (SSSR count). The fourth-order valence-corrected chi connectivity index (χ4v) is 3.08. The van der Waals surface area contributed by atoms with Crippen LogP contribution in [0.15, 0.2) is 41.1 Å². The van der Waals surface area contributed by atoms with Crippen molar-refractivity contribution in [1.82, 2.24) is 9.97 Å². The van der Waals surface area contributed by atoms with Gasteiger partial charge in [0.2, 0.25) is 0 Å². The first kappa shape index (κ1) is 17.8. The summed E-state index contributed by atoms with van der Waals surface area (Å²) in [5.41, 5.74) is 1.88. The number of aliphatic hydroxyl groups excluding tert-OH is 1. The van der Waals surface area contributed by atoms with Crippen LogP contribution in [0.5, 0.6) is 0 Å². The summed E-state index contributed by atoms with van der Waals surface area (Å²) < 4.78 is 5.49. The summed E-state index contributed by atoms with van der Waals surface area (Å²) in [5.74, 6) is 1.88. The van der Waals surface area contributed by atoms with Crippen LogP contribution in [-0.4, -0.2) is 40.9 Å². The van der Waals surface area contributed by atoms with Crippen molar-refractivity contribution in [3.8, 4) is 11.4 Å². The van der Waals surface area contributed by atoms with Crippen LogP contribution in [0.1, 0.15) is 13.8 Å².